The fourth-order valence-electron chi connectivity index (χ4n) is 2.72. The third kappa shape index (κ3) is 3.94. The van der Waals surface area contributed by atoms with Crippen molar-refractivity contribution in [1.29, 1.82) is 0 Å². The van der Waals surface area contributed by atoms with E-state index < -0.39 is 11.6 Å². The Labute approximate surface area is 163 Å². The van der Waals surface area contributed by atoms with Crippen LogP contribution in [0.5, 0.6) is 0 Å². The third-order valence-electron chi connectivity index (χ3n) is 4.02. The molecule has 2 aromatic carbocycles. The van der Waals surface area contributed by atoms with Crippen molar-refractivity contribution in [3.8, 4) is 5.69 Å². The summed E-state index contributed by atoms with van der Waals surface area (Å²) in [5.41, 5.74) is 1.25. The molecule has 0 spiro atoms. The molecule has 0 amide bonds. The lowest BCUT2D eigenvalue weighted by Gasteiger charge is -2.10. The van der Waals surface area contributed by atoms with E-state index in [4.69, 9.17) is 0 Å². The van der Waals surface area contributed by atoms with Crippen molar-refractivity contribution in [2.45, 2.75) is 17.3 Å². The van der Waals surface area contributed by atoms with E-state index in [-0.39, 0.29) is 5.75 Å². The molecule has 4 aromatic rings. The summed E-state index contributed by atoms with van der Waals surface area (Å²) in [5, 5.41) is 11.3. The quantitative estimate of drug-likeness (QED) is 0.402. The lowest BCUT2D eigenvalue weighted by atomic mass is 10.2. The minimum Gasteiger partial charge on any atom is -0.274 e. The van der Waals surface area contributed by atoms with Crippen LogP contribution in [0.1, 0.15) is 16.3 Å². The third-order valence-corrected chi connectivity index (χ3v) is 5.87. The average Bonchev–Trinajstić information content (AvgIpc) is 3.34. The van der Waals surface area contributed by atoms with Gasteiger partial charge in [0, 0.05) is 28.3 Å². The highest BCUT2D eigenvalue weighted by molar-refractivity contribution is 7.98. The molecule has 0 unspecified atom stereocenters. The van der Waals surface area contributed by atoms with Gasteiger partial charge in [-0.3, -0.25) is 4.57 Å². The van der Waals surface area contributed by atoms with Crippen LogP contribution >= 0.6 is 23.1 Å². The summed E-state index contributed by atoms with van der Waals surface area (Å²) in [6.07, 6.45) is 0.661. The Hall–Kier alpha value is -2.51. The maximum atomic E-state index is 14.0. The monoisotopic (exact) mass is 399 g/mol. The van der Waals surface area contributed by atoms with E-state index in [2.05, 4.69) is 16.3 Å². The maximum Gasteiger partial charge on any atom is 0.196 e. The zero-order valence-electron chi connectivity index (χ0n) is 14.2. The van der Waals surface area contributed by atoms with Crippen LogP contribution in [0.25, 0.3) is 5.69 Å². The summed E-state index contributed by atoms with van der Waals surface area (Å²) < 4.78 is 29.4. The first-order chi connectivity index (χ1) is 13.2. The normalized spacial score (nSPS) is 11.0. The number of rotatable bonds is 6. The van der Waals surface area contributed by atoms with Gasteiger partial charge in [0.15, 0.2) is 16.8 Å². The summed E-state index contributed by atoms with van der Waals surface area (Å²) in [4.78, 5) is 1.19. The van der Waals surface area contributed by atoms with Gasteiger partial charge in [0.2, 0.25) is 0 Å². The van der Waals surface area contributed by atoms with Crippen LogP contribution in [-0.2, 0) is 12.2 Å². The Bertz CT molecular complexity index is 1030. The minimum atomic E-state index is -0.837. The Morgan fingerprint density at radius 1 is 0.926 bits per heavy atom. The van der Waals surface area contributed by atoms with Crippen molar-refractivity contribution in [2.75, 3.05) is 0 Å². The molecule has 0 N–H and O–H groups in total. The Kier molecular flexibility index (Phi) is 5.31. The van der Waals surface area contributed by atoms with Gasteiger partial charge in [0.05, 0.1) is 0 Å². The molecule has 2 aromatic heterocycles. The molecular weight excluding hydrogens is 384 g/mol. The van der Waals surface area contributed by atoms with Gasteiger partial charge in [-0.05, 0) is 29.6 Å². The fraction of sp³-hybridized carbons (Fsp3) is 0.100. The zero-order chi connectivity index (χ0) is 18.6. The van der Waals surface area contributed by atoms with Crippen LogP contribution in [0.2, 0.25) is 0 Å². The summed E-state index contributed by atoms with van der Waals surface area (Å²) in [7, 11) is 0. The average molecular weight is 399 g/mol. The van der Waals surface area contributed by atoms with E-state index in [1.807, 2.05) is 46.3 Å². The molecule has 0 radical (unpaired) electrons. The van der Waals surface area contributed by atoms with Gasteiger partial charge >= 0.3 is 0 Å². The molecule has 0 atom stereocenters. The number of thioether (sulfide) groups is 1. The maximum absolute atomic E-state index is 14.0. The number of thiophene rings is 1. The van der Waals surface area contributed by atoms with Crippen LogP contribution in [0, 0.1) is 11.6 Å². The van der Waals surface area contributed by atoms with Crippen LogP contribution in [0.3, 0.4) is 0 Å². The van der Waals surface area contributed by atoms with E-state index in [0.717, 1.165) is 17.6 Å². The van der Waals surface area contributed by atoms with E-state index in [0.29, 0.717) is 17.1 Å². The molecule has 2 heterocycles. The second kappa shape index (κ2) is 8.02. The van der Waals surface area contributed by atoms with E-state index in [1.165, 1.54) is 22.7 Å². The molecule has 27 heavy (non-hydrogen) atoms. The predicted molar refractivity (Wildman–Crippen MR) is 104 cm³/mol. The highest BCUT2D eigenvalue weighted by atomic mass is 32.2. The van der Waals surface area contributed by atoms with Crippen molar-refractivity contribution >= 4 is 23.1 Å². The van der Waals surface area contributed by atoms with Crippen LogP contribution in [0.4, 0.5) is 8.78 Å². The number of hydrogen-bond donors (Lipinski definition) is 0. The Morgan fingerprint density at radius 2 is 1.78 bits per heavy atom. The van der Waals surface area contributed by atoms with E-state index >= 15 is 0 Å². The fourth-order valence-corrected chi connectivity index (χ4v) is 4.36. The molecule has 4 rings (SSSR count). The first-order valence-electron chi connectivity index (χ1n) is 8.30. The molecule has 0 bridgehead atoms. The molecule has 0 aliphatic rings. The second-order valence-corrected chi connectivity index (χ2v) is 7.80. The van der Waals surface area contributed by atoms with Crippen LogP contribution in [0.15, 0.2) is 71.2 Å². The SMILES string of the molecule is Fc1cccc(CSc2nnc(Cc3cccs3)n2-c2ccccc2)c1F. The lowest BCUT2D eigenvalue weighted by molar-refractivity contribution is 0.502. The molecule has 0 saturated heterocycles. The van der Waals surface area contributed by atoms with Crippen LogP contribution < -0.4 is 0 Å². The highest BCUT2D eigenvalue weighted by Gasteiger charge is 2.16. The summed E-state index contributed by atoms with van der Waals surface area (Å²) in [6.45, 7) is 0. The number of halogens is 2. The summed E-state index contributed by atoms with van der Waals surface area (Å²) >= 11 is 3.00. The van der Waals surface area contributed by atoms with Gasteiger partial charge in [-0.2, -0.15) is 0 Å². The van der Waals surface area contributed by atoms with Gasteiger partial charge < -0.3 is 0 Å². The summed E-state index contributed by atoms with van der Waals surface area (Å²) in [6, 6.07) is 18.1. The molecule has 136 valence electrons. The number of benzene rings is 2. The highest BCUT2D eigenvalue weighted by Crippen LogP contribution is 2.28. The molecule has 3 nitrogen and oxygen atoms in total. The first kappa shape index (κ1) is 17.9. The molecule has 0 aliphatic heterocycles. The second-order valence-electron chi connectivity index (χ2n) is 5.83. The summed E-state index contributed by atoms with van der Waals surface area (Å²) in [5.74, 6) is -0.565. The van der Waals surface area contributed by atoms with E-state index in [9.17, 15) is 8.78 Å². The lowest BCUT2D eigenvalue weighted by Crippen LogP contribution is -2.03. The zero-order valence-corrected chi connectivity index (χ0v) is 15.8. The van der Waals surface area contributed by atoms with Crippen molar-refractivity contribution in [2.24, 2.45) is 0 Å². The number of hydrogen-bond acceptors (Lipinski definition) is 4. The molecule has 7 heteroatoms. The van der Waals surface area contributed by atoms with Gasteiger partial charge in [-0.1, -0.05) is 48.2 Å². The first-order valence-corrected chi connectivity index (χ1v) is 10.2. The van der Waals surface area contributed by atoms with Crippen molar-refractivity contribution in [1.82, 2.24) is 14.8 Å². The van der Waals surface area contributed by atoms with Crippen molar-refractivity contribution < 1.29 is 8.78 Å². The largest absolute Gasteiger partial charge is 0.274 e. The predicted octanol–water partition coefficient (Wildman–Crippen LogP) is 5.49. The molecular formula is C20H15F2N3S2. The standard InChI is InChI=1S/C20H15F2N3S2/c21-17-10-4-6-14(19(17)22)13-27-20-24-23-18(12-16-9-5-11-26-16)25(20)15-7-2-1-3-8-15/h1-11H,12-13H2. The van der Waals surface area contributed by atoms with Gasteiger partial charge in [0.1, 0.15) is 5.82 Å². The topological polar surface area (TPSA) is 30.7 Å². The van der Waals surface area contributed by atoms with Crippen LogP contribution in [-0.4, -0.2) is 14.8 Å². The number of para-hydroxylation sites is 1. The van der Waals surface area contributed by atoms with E-state index in [1.54, 1.807) is 17.4 Å². The Morgan fingerprint density at radius 3 is 2.56 bits per heavy atom. The molecule has 0 saturated carbocycles. The molecule has 0 fully saturated rings. The molecule has 0 aliphatic carbocycles. The van der Waals surface area contributed by atoms with Crippen molar-refractivity contribution in [3.05, 3.63) is 93.9 Å². The van der Waals surface area contributed by atoms with Crippen molar-refractivity contribution in [3.63, 3.8) is 0 Å². The van der Waals surface area contributed by atoms with Gasteiger partial charge in [-0.15, -0.1) is 21.5 Å². The number of aromatic nitrogens is 3. The minimum absolute atomic E-state index is 0.271. The Balaban J connectivity index is 1.66. The van der Waals surface area contributed by atoms with Gasteiger partial charge in [0.25, 0.3) is 0 Å². The smallest absolute Gasteiger partial charge is 0.196 e. The number of nitrogens with zero attached hydrogens (tertiary/aromatic N) is 3. The van der Waals surface area contributed by atoms with Gasteiger partial charge in [-0.25, -0.2) is 8.78 Å².